The van der Waals surface area contributed by atoms with Crippen molar-refractivity contribution in [3.63, 3.8) is 0 Å². The summed E-state index contributed by atoms with van der Waals surface area (Å²) in [5.41, 5.74) is 2.19. The summed E-state index contributed by atoms with van der Waals surface area (Å²) in [7, 11) is 0. The van der Waals surface area contributed by atoms with E-state index in [2.05, 4.69) is 15.5 Å². The van der Waals surface area contributed by atoms with Crippen molar-refractivity contribution in [3.05, 3.63) is 11.4 Å². The highest BCUT2D eigenvalue weighted by molar-refractivity contribution is 5.91. The predicted octanol–water partition coefficient (Wildman–Crippen LogP) is 1.50. The topological polar surface area (TPSA) is 98.3 Å². The van der Waals surface area contributed by atoms with Crippen LogP contribution in [0.3, 0.4) is 0 Å². The maximum atomic E-state index is 12.2. The van der Waals surface area contributed by atoms with Crippen LogP contribution in [0.5, 0.6) is 0 Å². The molecule has 0 spiro atoms. The van der Waals surface area contributed by atoms with Gasteiger partial charge in [0, 0.05) is 12.6 Å². The summed E-state index contributed by atoms with van der Waals surface area (Å²) in [5, 5.41) is 18.3. The van der Waals surface area contributed by atoms with Crippen LogP contribution in [-0.2, 0) is 4.79 Å². The quantitative estimate of drug-likeness (QED) is 0.752. The lowest BCUT2D eigenvalue weighted by Crippen LogP contribution is -2.38. The highest BCUT2D eigenvalue weighted by atomic mass is 16.4. The second kappa shape index (κ2) is 5.29. The number of aromatic amines is 1. The molecule has 3 N–H and O–H groups in total. The monoisotopic (exact) mass is 266 g/mol. The number of aliphatic carboxylic acids is 1. The molecule has 0 aliphatic heterocycles. The van der Waals surface area contributed by atoms with E-state index in [1.165, 1.54) is 0 Å². The normalized spacial score (nSPS) is 14.2. The first-order chi connectivity index (χ1) is 8.99. The summed E-state index contributed by atoms with van der Waals surface area (Å²) >= 11 is 0. The molecule has 1 saturated carbocycles. The summed E-state index contributed by atoms with van der Waals surface area (Å²) in [6, 6.07) is -0.0804. The smallest absolute Gasteiger partial charge is 0.322 e. The van der Waals surface area contributed by atoms with Gasteiger partial charge < -0.3 is 15.3 Å². The molecule has 0 saturated heterocycles. The number of nitrogens with zero attached hydrogens (tertiary/aromatic N) is 2. The van der Waals surface area contributed by atoms with Crippen LogP contribution in [0.1, 0.15) is 30.7 Å². The molecular weight excluding hydrogens is 248 g/mol. The molecule has 0 bridgehead atoms. The Morgan fingerprint density at radius 2 is 2.16 bits per heavy atom. The van der Waals surface area contributed by atoms with Gasteiger partial charge in [0.1, 0.15) is 0 Å². The first-order valence-corrected chi connectivity index (χ1v) is 6.30. The number of rotatable bonds is 5. The number of urea groups is 1. The van der Waals surface area contributed by atoms with Gasteiger partial charge in [-0.1, -0.05) is 0 Å². The number of aromatic nitrogens is 2. The highest BCUT2D eigenvalue weighted by Crippen LogP contribution is 2.28. The number of carbonyl (C=O) groups excluding carboxylic acids is 1. The van der Waals surface area contributed by atoms with Crippen LogP contribution in [0.4, 0.5) is 10.5 Å². The molecule has 1 aromatic heterocycles. The second-order valence-corrected chi connectivity index (χ2v) is 4.81. The van der Waals surface area contributed by atoms with Crippen molar-refractivity contribution in [2.45, 2.75) is 39.2 Å². The van der Waals surface area contributed by atoms with E-state index in [1.54, 1.807) is 11.8 Å². The Bertz CT molecular complexity index is 474. The number of amides is 2. The Hall–Kier alpha value is -2.05. The number of H-pyrrole nitrogens is 1. The fraction of sp³-hybridized carbons (Fsp3) is 0.583. The van der Waals surface area contributed by atoms with Gasteiger partial charge in [0.05, 0.1) is 23.5 Å². The van der Waals surface area contributed by atoms with Gasteiger partial charge in [0.2, 0.25) is 0 Å². The van der Waals surface area contributed by atoms with E-state index in [4.69, 9.17) is 5.11 Å². The zero-order valence-electron chi connectivity index (χ0n) is 11.1. The lowest BCUT2D eigenvalue weighted by molar-refractivity contribution is -0.137. The lowest BCUT2D eigenvalue weighted by atomic mass is 10.3. The van der Waals surface area contributed by atoms with Gasteiger partial charge in [-0.15, -0.1) is 0 Å². The van der Waals surface area contributed by atoms with Gasteiger partial charge in [0.25, 0.3) is 0 Å². The Kier molecular flexibility index (Phi) is 3.73. The van der Waals surface area contributed by atoms with Gasteiger partial charge in [-0.05, 0) is 26.7 Å². The fourth-order valence-electron chi connectivity index (χ4n) is 1.97. The van der Waals surface area contributed by atoms with Crippen LogP contribution in [0.15, 0.2) is 0 Å². The molecule has 1 aliphatic carbocycles. The lowest BCUT2D eigenvalue weighted by Gasteiger charge is -2.22. The summed E-state index contributed by atoms with van der Waals surface area (Å²) in [6.45, 7) is 3.87. The van der Waals surface area contributed by atoms with E-state index < -0.39 is 5.97 Å². The number of anilines is 1. The SMILES string of the molecule is Cc1n[nH]c(C)c1NC(=O)N(CCC(=O)O)C1CC1. The molecule has 19 heavy (non-hydrogen) atoms. The average Bonchev–Trinajstić information content (AvgIpc) is 3.12. The zero-order valence-corrected chi connectivity index (χ0v) is 11.1. The molecule has 1 aromatic rings. The molecule has 2 amide bonds. The van der Waals surface area contributed by atoms with Gasteiger partial charge in [0.15, 0.2) is 0 Å². The molecule has 7 heteroatoms. The molecular formula is C12H18N4O3. The minimum absolute atomic E-state index is 0.0345. The molecule has 0 atom stereocenters. The fourth-order valence-corrected chi connectivity index (χ4v) is 1.97. The maximum absolute atomic E-state index is 12.2. The molecule has 1 fully saturated rings. The van der Waals surface area contributed by atoms with E-state index in [1.807, 2.05) is 6.92 Å². The van der Waals surface area contributed by atoms with E-state index in [0.29, 0.717) is 5.69 Å². The molecule has 2 rings (SSSR count). The van der Waals surface area contributed by atoms with Crippen molar-refractivity contribution in [2.24, 2.45) is 0 Å². The van der Waals surface area contributed by atoms with Crippen LogP contribution < -0.4 is 5.32 Å². The summed E-state index contributed by atoms with van der Waals surface area (Å²) in [5.74, 6) is -0.894. The number of carboxylic acid groups (broad SMARTS) is 1. The van der Waals surface area contributed by atoms with Crippen LogP contribution >= 0.6 is 0 Å². The van der Waals surface area contributed by atoms with Crippen molar-refractivity contribution in [3.8, 4) is 0 Å². The number of carboxylic acids is 1. The van der Waals surface area contributed by atoms with E-state index in [0.717, 1.165) is 24.2 Å². The Morgan fingerprint density at radius 1 is 1.47 bits per heavy atom. The Morgan fingerprint density at radius 3 is 2.63 bits per heavy atom. The number of aryl methyl sites for hydroxylation is 2. The minimum atomic E-state index is -0.894. The maximum Gasteiger partial charge on any atom is 0.322 e. The summed E-state index contributed by atoms with van der Waals surface area (Å²) in [6.07, 6.45) is 1.85. The number of nitrogens with one attached hydrogen (secondary N) is 2. The van der Waals surface area contributed by atoms with E-state index in [-0.39, 0.29) is 25.0 Å². The third-order valence-corrected chi connectivity index (χ3v) is 3.18. The van der Waals surface area contributed by atoms with E-state index >= 15 is 0 Å². The van der Waals surface area contributed by atoms with Gasteiger partial charge in [-0.3, -0.25) is 9.89 Å². The van der Waals surface area contributed by atoms with Crippen molar-refractivity contribution in [2.75, 3.05) is 11.9 Å². The largest absolute Gasteiger partial charge is 0.481 e. The second-order valence-electron chi connectivity index (χ2n) is 4.81. The molecule has 104 valence electrons. The van der Waals surface area contributed by atoms with Gasteiger partial charge in [-0.25, -0.2) is 4.79 Å². The van der Waals surface area contributed by atoms with Crippen LogP contribution in [0.25, 0.3) is 0 Å². The number of carbonyl (C=O) groups is 2. The average molecular weight is 266 g/mol. The predicted molar refractivity (Wildman–Crippen MR) is 69.1 cm³/mol. The highest BCUT2D eigenvalue weighted by Gasteiger charge is 2.33. The van der Waals surface area contributed by atoms with Crippen molar-refractivity contribution < 1.29 is 14.7 Å². The first-order valence-electron chi connectivity index (χ1n) is 6.30. The third-order valence-electron chi connectivity index (χ3n) is 3.18. The van der Waals surface area contributed by atoms with Crippen LogP contribution in [-0.4, -0.2) is 44.8 Å². The third kappa shape index (κ3) is 3.24. The van der Waals surface area contributed by atoms with E-state index in [9.17, 15) is 9.59 Å². The molecule has 0 aromatic carbocycles. The summed E-state index contributed by atoms with van der Waals surface area (Å²) < 4.78 is 0. The molecule has 0 unspecified atom stereocenters. The molecule has 1 heterocycles. The molecule has 1 aliphatic rings. The molecule has 7 nitrogen and oxygen atoms in total. The van der Waals surface area contributed by atoms with Crippen molar-refractivity contribution >= 4 is 17.7 Å². The first kappa shape index (κ1) is 13.4. The van der Waals surface area contributed by atoms with Crippen LogP contribution in [0, 0.1) is 13.8 Å². The molecule has 0 radical (unpaired) electrons. The standard InChI is InChI=1S/C12H18N4O3/c1-7-11(8(2)15-14-7)13-12(19)16(9-3-4-9)6-5-10(17)18/h9H,3-6H2,1-2H3,(H,13,19)(H,14,15)(H,17,18). The summed E-state index contributed by atoms with van der Waals surface area (Å²) in [4.78, 5) is 24.4. The van der Waals surface area contributed by atoms with Crippen molar-refractivity contribution in [1.29, 1.82) is 0 Å². The Labute approximate surface area is 111 Å². The van der Waals surface area contributed by atoms with Crippen LogP contribution in [0.2, 0.25) is 0 Å². The van der Waals surface area contributed by atoms with Crippen molar-refractivity contribution in [1.82, 2.24) is 15.1 Å². The Balaban J connectivity index is 2.01. The minimum Gasteiger partial charge on any atom is -0.481 e. The van der Waals surface area contributed by atoms with Gasteiger partial charge >= 0.3 is 12.0 Å². The number of hydrogen-bond donors (Lipinski definition) is 3. The number of hydrogen-bond acceptors (Lipinski definition) is 3. The zero-order chi connectivity index (χ0) is 14.0. The van der Waals surface area contributed by atoms with Gasteiger partial charge in [-0.2, -0.15) is 5.10 Å².